The summed E-state index contributed by atoms with van der Waals surface area (Å²) in [6, 6.07) is 9.33. The van der Waals surface area contributed by atoms with Crippen LogP contribution in [-0.4, -0.2) is 17.0 Å². The molecule has 21 heavy (non-hydrogen) atoms. The van der Waals surface area contributed by atoms with Gasteiger partial charge < -0.3 is 15.6 Å². The van der Waals surface area contributed by atoms with E-state index in [4.69, 9.17) is 15.6 Å². The molecule has 0 unspecified atom stereocenters. The number of carbonyl (C=O) groups excluding carboxylic acids is 1. The predicted octanol–water partition coefficient (Wildman–Crippen LogP) is 2.46. The van der Waals surface area contributed by atoms with Crippen LogP contribution in [0.3, 0.4) is 0 Å². The summed E-state index contributed by atoms with van der Waals surface area (Å²) in [5, 5.41) is 8.77. The van der Waals surface area contributed by atoms with Gasteiger partial charge in [0.25, 0.3) is 0 Å². The first kappa shape index (κ1) is 14.5. The maximum Gasteiger partial charge on any atom is 0.340 e. The molecule has 5 nitrogen and oxygen atoms in total. The summed E-state index contributed by atoms with van der Waals surface area (Å²) >= 11 is 0. The van der Waals surface area contributed by atoms with Gasteiger partial charge in [0, 0.05) is 5.69 Å². The highest BCUT2D eigenvalue weighted by atomic mass is 19.1. The first-order valence-corrected chi connectivity index (χ1v) is 6.02. The second-order valence-electron chi connectivity index (χ2n) is 4.31. The summed E-state index contributed by atoms with van der Waals surface area (Å²) in [6.45, 7) is -0.0322. The van der Waals surface area contributed by atoms with Crippen LogP contribution in [0.2, 0.25) is 0 Å². The van der Waals surface area contributed by atoms with Gasteiger partial charge in [-0.3, -0.25) is 0 Å². The summed E-state index contributed by atoms with van der Waals surface area (Å²) in [4.78, 5) is 22.5. The lowest BCUT2D eigenvalue weighted by molar-refractivity contribution is 0.0473. The Morgan fingerprint density at radius 1 is 1.14 bits per heavy atom. The van der Waals surface area contributed by atoms with E-state index in [-0.39, 0.29) is 23.4 Å². The van der Waals surface area contributed by atoms with E-state index < -0.39 is 17.8 Å². The molecule has 0 aliphatic carbocycles. The number of benzene rings is 2. The zero-order valence-electron chi connectivity index (χ0n) is 10.9. The molecule has 0 aliphatic heterocycles. The molecule has 6 heteroatoms. The fourth-order valence-electron chi connectivity index (χ4n) is 1.69. The molecule has 0 saturated carbocycles. The van der Waals surface area contributed by atoms with Crippen molar-refractivity contribution in [2.24, 2.45) is 0 Å². The van der Waals surface area contributed by atoms with Crippen molar-refractivity contribution in [2.45, 2.75) is 6.61 Å². The first-order chi connectivity index (χ1) is 9.97. The molecule has 0 amide bonds. The highest BCUT2D eigenvalue weighted by Gasteiger charge is 2.12. The largest absolute Gasteiger partial charge is 0.478 e. The van der Waals surface area contributed by atoms with Crippen LogP contribution in [0, 0.1) is 5.82 Å². The van der Waals surface area contributed by atoms with Crippen LogP contribution in [0.25, 0.3) is 0 Å². The molecule has 0 aromatic heterocycles. The van der Waals surface area contributed by atoms with E-state index in [1.54, 1.807) is 12.1 Å². The molecule has 3 N–H and O–H groups in total. The number of halogens is 1. The number of hydrogen-bond acceptors (Lipinski definition) is 4. The summed E-state index contributed by atoms with van der Waals surface area (Å²) in [7, 11) is 0. The molecular weight excluding hydrogens is 277 g/mol. The Balaban J connectivity index is 2.02. The zero-order chi connectivity index (χ0) is 15.4. The third kappa shape index (κ3) is 3.56. The number of rotatable bonds is 4. The number of carboxylic acid groups (broad SMARTS) is 1. The Morgan fingerprint density at radius 2 is 1.81 bits per heavy atom. The average Bonchev–Trinajstić information content (AvgIpc) is 2.45. The van der Waals surface area contributed by atoms with Gasteiger partial charge >= 0.3 is 11.9 Å². The van der Waals surface area contributed by atoms with E-state index in [9.17, 15) is 14.0 Å². The monoisotopic (exact) mass is 289 g/mol. The normalized spacial score (nSPS) is 10.1. The van der Waals surface area contributed by atoms with Crippen molar-refractivity contribution in [3.8, 4) is 0 Å². The number of nitrogen functional groups attached to an aromatic ring is 1. The number of anilines is 1. The van der Waals surface area contributed by atoms with Gasteiger partial charge in [0.2, 0.25) is 0 Å². The Morgan fingerprint density at radius 3 is 2.38 bits per heavy atom. The van der Waals surface area contributed by atoms with E-state index in [1.165, 1.54) is 18.2 Å². The molecule has 0 radical (unpaired) electrons. The third-order valence-corrected chi connectivity index (χ3v) is 2.80. The van der Waals surface area contributed by atoms with Crippen LogP contribution >= 0.6 is 0 Å². The lowest BCUT2D eigenvalue weighted by atomic mass is 10.1. The van der Waals surface area contributed by atoms with Gasteiger partial charge in [0.05, 0.1) is 11.1 Å². The fraction of sp³-hybridized carbons (Fsp3) is 0.0667. The Hall–Kier alpha value is -2.89. The van der Waals surface area contributed by atoms with Crippen LogP contribution in [-0.2, 0) is 11.3 Å². The molecule has 0 heterocycles. The number of aromatic carboxylic acids is 1. The Kier molecular flexibility index (Phi) is 4.18. The van der Waals surface area contributed by atoms with E-state index in [2.05, 4.69) is 0 Å². The minimum Gasteiger partial charge on any atom is -0.478 e. The molecular formula is C15H12FNO4. The molecule has 0 bridgehead atoms. The lowest BCUT2D eigenvalue weighted by Crippen LogP contribution is -2.08. The summed E-state index contributed by atoms with van der Waals surface area (Å²) < 4.78 is 17.9. The predicted molar refractivity (Wildman–Crippen MR) is 73.3 cm³/mol. The summed E-state index contributed by atoms with van der Waals surface area (Å²) in [5.74, 6) is -2.24. The zero-order valence-corrected chi connectivity index (χ0v) is 10.9. The number of carbonyl (C=O) groups is 2. The second kappa shape index (κ2) is 6.04. The third-order valence-electron chi connectivity index (χ3n) is 2.80. The second-order valence-corrected chi connectivity index (χ2v) is 4.31. The SMILES string of the molecule is Nc1cc(F)ccc1C(=O)OCc1ccc(C(=O)O)cc1. The van der Waals surface area contributed by atoms with Crippen molar-refractivity contribution in [1.29, 1.82) is 0 Å². The van der Waals surface area contributed by atoms with Crippen LogP contribution in [0.15, 0.2) is 42.5 Å². The van der Waals surface area contributed by atoms with Gasteiger partial charge in [-0.2, -0.15) is 0 Å². The van der Waals surface area contributed by atoms with E-state index in [0.717, 1.165) is 12.1 Å². The molecule has 0 fully saturated rings. The minimum absolute atomic E-state index is 0.00113. The number of carboxylic acids is 1. The molecule has 108 valence electrons. The minimum atomic E-state index is -1.03. The number of ether oxygens (including phenoxy) is 1. The quantitative estimate of drug-likeness (QED) is 0.666. The summed E-state index contributed by atoms with van der Waals surface area (Å²) in [6.07, 6.45) is 0. The fourth-order valence-corrected chi connectivity index (χ4v) is 1.69. The molecule has 0 aliphatic rings. The number of esters is 1. The smallest absolute Gasteiger partial charge is 0.340 e. The van der Waals surface area contributed by atoms with Crippen molar-refractivity contribution in [3.05, 3.63) is 65.0 Å². The highest BCUT2D eigenvalue weighted by molar-refractivity contribution is 5.95. The van der Waals surface area contributed by atoms with Crippen molar-refractivity contribution in [3.63, 3.8) is 0 Å². The topological polar surface area (TPSA) is 89.6 Å². The van der Waals surface area contributed by atoms with Crippen LogP contribution < -0.4 is 5.73 Å². The average molecular weight is 289 g/mol. The van der Waals surface area contributed by atoms with Crippen LogP contribution in [0.1, 0.15) is 26.3 Å². The van der Waals surface area contributed by atoms with Crippen molar-refractivity contribution >= 4 is 17.6 Å². The maximum atomic E-state index is 12.9. The van der Waals surface area contributed by atoms with Gasteiger partial charge in [-0.1, -0.05) is 12.1 Å². The van der Waals surface area contributed by atoms with E-state index in [1.807, 2.05) is 0 Å². The first-order valence-electron chi connectivity index (χ1n) is 6.02. The van der Waals surface area contributed by atoms with Crippen molar-refractivity contribution < 1.29 is 23.8 Å². The van der Waals surface area contributed by atoms with Crippen LogP contribution in [0.4, 0.5) is 10.1 Å². The Bertz CT molecular complexity index is 683. The lowest BCUT2D eigenvalue weighted by Gasteiger charge is -2.07. The van der Waals surface area contributed by atoms with Gasteiger partial charge in [0.15, 0.2) is 0 Å². The molecule has 2 aromatic carbocycles. The number of nitrogens with two attached hydrogens (primary N) is 1. The highest BCUT2D eigenvalue weighted by Crippen LogP contribution is 2.15. The van der Waals surface area contributed by atoms with Crippen LogP contribution in [0.5, 0.6) is 0 Å². The van der Waals surface area contributed by atoms with E-state index >= 15 is 0 Å². The standard InChI is InChI=1S/C15H12FNO4/c16-11-5-6-12(13(17)7-11)15(20)21-8-9-1-3-10(4-2-9)14(18)19/h1-7H,8,17H2,(H,18,19). The van der Waals surface area contributed by atoms with E-state index in [0.29, 0.717) is 5.56 Å². The van der Waals surface area contributed by atoms with Gasteiger partial charge in [-0.05, 0) is 35.9 Å². The van der Waals surface area contributed by atoms with Crippen molar-refractivity contribution in [1.82, 2.24) is 0 Å². The molecule has 0 spiro atoms. The maximum absolute atomic E-state index is 12.9. The molecule has 0 atom stereocenters. The molecule has 2 rings (SSSR count). The summed E-state index contributed by atoms with van der Waals surface area (Å²) in [5.41, 5.74) is 6.40. The number of hydrogen-bond donors (Lipinski definition) is 2. The van der Waals surface area contributed by atoms with Crippen molar-refractivity contribution in [2.75, 3.05) is 5.73 Å². The van der Waals surface area contributed by atoms with Gasteiger partial charge in [-0.25, -0.2) is 14.0 Å². The van der Waals surface area contributed by atoms with Gasteiger partial charge in [-0.15, -0.1) is 0 Å². The van der Waals surface area contributed by atoms with Gasteiger partial charge in [0.1, 0.15) is 12.4 Å². The Labute approximate surface area is 119 Å². The molecule has 2 aromatic rings. The molecule has 0 saturated heterocycles.